The standard InChI is InChI=1S/C19H18N4O3S2/c24-23(25)14-3-1-2-13(10-14)18-20-22(19(27)26-18)11-21-8-6-16-15(7-9-28-16)17(21)12-4-5-12/h1-3,7,9-10,12,17H,4-6,8,11H2/t17-/m0/s1. The number of nitro groups is 1. The van der Waals surface area contributed by atoms with Crippen molar-refractivity contribution in [3.05, 3.63) is 61.1 Å². The van der Waals surface area contributed by atoms with Crippen LogP contribution in [0.3, 0.4) is 0 Å². The van der Waals surface area contributed by atoms with Crippen molar-refractivity contribution < 1.29 is 9.34 Å². The molecular formula is C19H18N4O3S2. The van der Waals surface area contributed by atoms with Gasteiger partial charge in [0.25, 0.3) is 10.5 Å². The molecule has 9 heteroatoms. The van der Waals surface area contributed by atoms with Gasteiger partial charge in [0.2, 0.25) is 5.89 Å². The molecule has 1 fully saturated rings. The van der Waals surface area contributed by atoms with Gasteiger partial charge in [-0.15, -0.1) is 16.4 Å². The number of aromatic nitrogens is 2. The van der Waals surface area contributed by atoms with E-state index in [9.17, 15) is 10.1 Å². The second-order valence-electron chi connectivity index (χ2n) is 7.27. The van der Waals surface area contributed by atoms with E-state index in [1.807, 2.05) is 11.3 Å². The highest BCUT2D eigenvalue weighted by atomic mass is 32.1. The Morgan fingerprint density at radius 1 is 1.36 bits per heavy atom. The van der Waals surface area contributed by atoms with Crippen molar-refractivity contribution in [3.8, 4) is 11.5 Å². The summed E-state index contributed by atoms with van der Waals surface area (Å²) in [4.78, 5) is 14.8. The zero-order valence-corrected chi connectivity index (χ0v) is 16.6. The first-order chi connectivity index (χ1) is 13.6. The minimum atomic E-state index is -0.429. The summed E-state index contributed by atoms with van der Waals surface area (Å²) in [6.07, 6.45) is 3.57. The Balaban J connectivity index is 1.43. The lowest BCUT2D eigenvalue weighted by molar-refractivity contribution is -0.384. The van der Waals surface area contributed by atoms with Crippen molar-refractivity contribution in [3.63, 3.8) is 0 Å². The fourth-order valence-electron chi connectivity index (χ4n) is 3.96. The molecule has 3 heterocycles. The van der Waals surface area contributed by atoms with E-state index in [0.29, 0.717) is 30.1 Å². The highest BCUT2D eigenvalue weighted by molar-refractivity contribution is 7.71. The van der Waals surface area contributed by atoms with Gasteiger partial charge in [-0.1, -0.05) is 6.07 Å². The van der Waals surface area contributed by atoms with Crippen LogP contribution in [0.5, 0.6) is 0 Å². The maximum atomic E-state index is 11.0. The molecular weight excluding hydrogens is 396 g/mol. The van der Waals surface area contributed by atoms with Gasteiger partial charge in [0.05, 0.1) is 11.6 Å². The molecule has 2 aromatic heterocycles. The van der Waals surface area contributed by atoms with E-state index < -0.39 is 4.92 Å². The molecule has 3 aromatic rings. The summed E-state index contributed by atoms with van der Waals surface area (Å²) >= 11 is 7.23. The SMILES string of the molecule is O=[N+]([O-])c1cccc(-c2nn(CN3CCc4sccc4[C@@H]3C3CC3)c(=S)o2)c1. The summed E-state index contributed by atoms with van der Waals surface area (Å²) < 4.78 is 7.35. The van der Waals surface area contributed by atoms with Crippen LogP contribution in [-0.4, -0.2) is 26.1 Å². The molecule has 0 bridgehead atoms. The van der Waals surface area contributed by atoms with E-state index >= 15 is 0 Å². The van der Waals surface area contributed by atoms with Gasteiger partial charge in [0.15, 0.2) is 0 Å². The monoisotopic (exact) mass is 414 g/mol. The Labute approximate surface area is 170 Å². The number of rotatable bonds is 5. The molecule has 1 aliphatic carbocycles. The molecule has 0 radical (unpaired) electrons. The Bertz CT molecular complexity index is 1100. The number of benzene rings is 1. The van der Waals surface area contributed by atoms with Gasteiger partial charge < -0.3 is 4.42 Å². The van der Waals surface area contributed by atoms with Gasteiger partial charge in [-0.05, 0) is 60.5 Å². The minimum absolute atomic E-state index is 0.00276. The molecule has 1 aliphatic heterocycles. The van der Waals surface area contributed by atoms with Crippen LogP contribution in [0.15, 0.2) is 40.1 Å². The number of nitro benzene ring substituents is 1. The third kappa shape index (κ3) is 3.19. The number of hydrogen-bond acceptors (Lipinski definition) is 7. The zero-order valence-electron chi connectivity index (χ0n) is 15.0. The molecule has 1 saturated carbocycles. The number of fused-ring (bicyclic) bond motifs is 1. The number of non-ortho nitro benzene ring substituents is 1. The van der Waals surface area contributed by atoms with Gasteiger partial charge in [-0.3, -0.25) is 15.0 Å². The van der Waals surface area contributed by atoms with Crippen molar-refractivity contribution in [2.45, 2.75) is 32.0 Å². The van der Waals surface area contributed by atoms with Crippen molar-refractivity contribution >= 4 is 29.2 Å². The molecule has 0 amide bonds. The first-order valence-electron chi connectivity index (χ1n) is 9.23. The highest BCUT2D eigenvalue weighted by Gasteiger charge is 2.40. The van der Waals surface area contributed by atoms with Crippen molar-refractivity contribution in [2.24, 2.45) is 5.92 Å². The van der Waals surface area contributed by atoms with Crippen molar-refractivity contribution in [1.29, 1.82) is 0 Å². The molecule has 144 valence electrons. The van der Waals surface area contributed by atoms with E-state index in [2.05, 4.69) is 21.4 Å². The summed E-state index contributed by atoms with van der Waals surface area (Å²) in [6.45, 7) is 1.53. The molecule has 0 spiro atoms. The summed E-state index contributed by atoms with van der Waals surface area (Å²) in [6, 6.07) is 8.93. The normalized spacial score (nSPS) is 19.5. The second-order valence-corrected chi connectivity index (χ2v) is 8.62. The average molecular weight is 415 g/mol. The fraction of sp³-hybridized carbons (Fsp3) is 0.368. The fourth-order valence-corrected chi connectivity index (χ4v) is 5.05. The van der Waals surface area contributed by atoms with Crippen molar-refractivity contribution in [1.82, 2.24) is 14.7 Å². The van der Waals surface area contributed by atoms with Crippen LogP contribution >= 0.6 is 23.6 Å². The Morgan fingerprint density at radius 3 is 3.00 bits per heavy atom. The molecule has 28 heavy (non-hydrogen) atoms. The topological polar surface area (TPSA) is 77.3 Å². The third-order valence-corrected chi connectivity index (χ3v) is 6.70. The molecule has 5 rings (SSSR count). The van der Waals surface area contributed by atoms with E-state index in [1.54, 1.807) is 16.8 Å². The van der Waals surface area contributed by atoms with Crippen LogP contribution in [-0.2, 0) is 13.1 Å². The molecule has 0 N–H and O–H groups in total. The third-order valence-electron chi connectivity index (χ3n) is 5.41. The number of thiophene rings is 1. The zero-order chi connectivity index (χ0) is 19.3. The van der Waals surface area contributed by atoms with Crippen LogP contribution in [0.25, 0.3) is 11.5 Å². The predicted molar refractivity (Wildman–Crippen MR) is 108 cm³/mol. The Morgan fingerprint density at radius 2 is 2.21 bits per heavy atom. The van der Waals surface area contributed by atoms with Gasteiger partial charge >= 0.3 is 0 Å². The van der Waals surface area contributed by atoms with E-state index in [-0.39, 0.29) is 10.5 Å². The molecule has 0 unspecified atom stereocenters. The lowest BCUT2D eigenvalue weighted by Crippen LogP contribution is -2.37. The quantitative estimate of drug-likeness (QED) is 0.339. The number of hydrogen-bond donors (Lipinski definition) is 0. The molecule has 2 aliphatic rings. The second kappa shape index (κ2) is 6.91. The van der Waals surface area contributed by atoms with Crippen molar-refractivity contribution in [2.75, 3.05) is 6.54 Å². The van der Waals surface area contributed by atoms with Gasteiger partial charge in [-0.25, -0.2) is 4.68 Å². The largest absolute Gasteiger partial charge is 0.409 e. The minimum Gasteiger partial charge on any atom is -0.409 e. The van der Waals surface area contributed by atoms with Gasteiger partial charge in [0, 0.05) is 35.2 Å². The Hall–Kier alpha value is -2.36. The highest BCUT2D eigenvalue weighted by Crippen LogP contribution is 2.48. The van der Waals surface area contributed by atoms with Crippen LogP contribution in [0.4, 0.5) is 5.69 Å². The predicted octanol–water partition coefficient (Wildman–Crippen LogP) is 4.81. The molecule has 7 nitrogen and oxygen atoms in total. The van der Waals surface area contributed by atoms with Crippen LogP contribution in [0.1, 0.15) is 29.3 Å². The summed E-state index contributed by atoms with van der Waals surface area (Å²) in [5, 5.41) is 17.7. The van der Waals surface area contributed by atoms with Gasteiger partial charge in [-0.2, -0.15) is 0 Å². The number of nitrogens with zero attached hydrogens (tertiary/aromatic N) is 4. The van der Waals surface area contributed by atoms with Crippen LogP contribution < -0.4 is 0 Å². The van der Waals surface area contributed by atoms with Gasteiger partial charge in [0.1, 0.15) is 0 Å². The summed E-state index contributed by atoms with van der Waals surface area (Å²) in [5.74, 6) is 1.01. The van der Waals surface area contributed by atoms with E-state index in [4.69, 9.17) is 16.6 Å². The molecule has 1 aromatic carbocycles. The average Bonchev–Trinajstić information content (AvgIpc) is 3.30. The lowest BCUT2D eigenvalue weighted by atomic mass is 9.96. The summed E-state index contributed by atoms with van der Waals surface area (Å²) in [5.41, 5.74) is 2.01. The molecule has 0 saturated heterocycles. The lowest BCUT2D eigenvalue weighted by Gasteiger charge is -2.35. The smallest absolute Gasteiger partial charge is 0.288 e. The van der Waals surface area contributed by atoms with Crippen LogP contribution in [0, 0.1) is 20.9 Å². The molecule has 1 atom stereocenters. The van der Waals surface area contributed by atoms with E-state index in [0.717, 1.165) is 13.0 Å². The Kier molecular flexibility index (Phi) is 4.37. The first-order valence-corrected chi connectivity index (χ1v) is 10.5. The first kappa shape index (κ1) is 17.7. The van der Waals surface area contributed by atoms with E-state index in [1.165, 1.54) is 35.4 Å². The maximum Gasteiger partial charge on any atom is 0.288 e. The maximum absolute atomic E-state index is 11.0. The van der Waals surface area contributed by atoms with Crippen LogP contribution in [0.2, 0.25) is 0 Å². The summed E-state index contributed by atoms with van der Waals surface area (Å²) in [7, 11) is 0.